The number of aromatic amines is 1. The van der Waals surface area contributed by atoms with Gasteiger partial charge in [-0.25, -0.2) is 4.79 Å². The van der Waals surface area contributed by atoms with Gasteiger partial charge < -0.3 is 19.2 Å². The molecule has 0 aliphatic heterocycles. The molecule has 4 aromatic rings. The highest BCUT2D eigenvalue weighted by atomic mass is 16.5. The van der Waals surface area contributed by atoms with Gasteiger partial charge in [0.1, 0.15) is 0 Å². The Morgan fingerprint density at radius 2 is 1.59 bits per heavy atom. The number of nitrogens with one attached hydrogen (secondary N) is 1. The SMILES string of the molecule is COc1cc(-c2cn(-c3cccc(C(=O)/C=C/c4ccccc4)c3)c(=O)[nH]2)cc(OC)c1OC. The Morgan fingerprint density at radius 1 is 0.882 bits per heavy atom. The van der Waals surface area contributed by atoms with Gasteiger partial charge in [0.15, 0.2) is 17.3 Å². The molecule has 0 fully saturated rings. The summed E-state index contributed by atoms with van der Waals surface area (Å²) in [5.74, 6) is 1.26. The first-order chi connectivity index (χ1) is 16.5. The predicted octanol–water partition coefficient (Wildman–Crippen LogP) is 4.75. The van der Waals surface area contributed by atoms with Crippen molar-refractivity contribution >= 4 is 11.9 Å². The first-order valence-corrected chi connectivity index (χ1v) is 10.5. The van der Waals surface area contributed by atoms with Gasteiger partial charge in [0.05, 0.1) is 32.7 Å². The average molecular weight is 456 g/mol. The number of rotatable bonds is 8. The van der Waals surface area contributed by atoms with Gasteiger partial charge in [-0.2, -0.15) is 0 Å². The minimum Gasteiger partial charge on any atom is -0.493 e. The van der Waals surface area contributed by atoms with Crippen LogP contribution in [0.1, 0.15) is 15.9 Å². The largest absolute Gasteiger partial charge is 0.493 e. The van der Waals surface area contributed by atoms with E-state index in [-0.39, 0.29) is 11.5 Å². The molecule has 0 spiro atoms. The van der Waals surface area contributed by atoms with E-state index in [0.29, 0.717) is 39.8 Å². The molecule has 0 saturated carbocycles. The molecule has 0 radical (unpaired) electrons. The molecule has 7 nitrogen and oxygen atoms in total. The van der Waals surface area contributed by atoms with Crippen LogP contribution in [0.2, 0.25) is 0 Å². The average Bonchev–Trinajstić information content (AvgIpc) is 3.28. The summed E-state index contributed by atoms with van der Waals surface area (Å²) >= 11 is 0. The number of carbonyl (C=O) groups excluding carboxylic acids is 1. The van der Waals surface area contributed by atoms with Crippen molar-refractivity contribution < 1.29 is 19.0 Å². The van der Waals surface area contributed by atoms with Gasteiger partial charge in [-0.1, -0.05) is 48.5 Å². The maximum Gasteiger partial charge on any atom is 0.330 e. The van der Waals surface area contributed by atoms with Crippen LogP contribution in [0, 0.1) is 0 Å². The summed E-state index contributed by atoms with van der Waals surface area (Å²) in [5, 5.41) is 0. The minimum atomic E-state index is -0.340. The number of nitrogens with zero attached hydrogens (tertiary/aromatic N) is 1. The van der Waals surface area contributed by atoms with Crippen molar-refractivity contribution in [3.8, 4) is 34.2 Å². The molecule has 0 unspecified atom stereocenters. The van der Waals surface area contributed by atoms with Crippen LogP contribution in [-0.2, 0) is 0 Å². The fourth-order valence-corrected chi connectivity index (χ4v) is 3.61. The lowest BCUT2D eigenvalue weighted by Gasteiger charge is -2.13. The first kappa shape index (κ1) is 22.7. The number of benzene rings is 3. The van der Waals surface area contributed by atoms with E-state index in [1.807, 2.05) is 30.3 Å². The third-order valence-corrected chi connectivity index (χ3v) is 5.33. The van der Waals surface area contributed by atoms with E-state index in [1.54, 1.807) is 48.7 Å². The van der Waals surface area contributed by atoms with Crippen LogP contribution in [-0.4, -0.2) is 36.7 Å². The summed E-state index contributed by atoms with van der Waals surface area (Å²) in [7, 11) is 4.59. The number of imidazole rings is 1. The van der Waals surface area contributed by atoms with E-state index >= 15 is 0 Å². The molecule has 0 atom stereocenters. The first-order valence-electron chi connectivity index (χ1n) is 10.5. The molecule has 0 saturated heterocycles. The highest BCUT2D eigenvalue weighted by molar-refractivity contribution is 6.07. The molecule has 4 rings (SSSR count). The maximum absolute atomic E-state index is 12.8. The Labute approximate surface area is 196 Å². The van der Waals surface area contributed by atoms with Gasteiger partial charge in [0, 0.05) is 17.3 Å². The molecular formula is C27H24N2O5. The zero-order chi connectivity index (χ0) is 24.1. The molecule has 0 bridgehead atoms. The quantitative estimate of drug-likeness (QED) is 0.306. The van der Waals surface area contributed by atoms with Crippen LogP contribution < -0.4 is 19.9 Å². The van der Waals surface area contributed by atoms with Crippen LogP contribution >= 0.6 is 0 Å². The van der Waals surface area contributed by atoms with E-state index < -0.39 is 0 Å². The lowest BCUT2D eigenvalue weighted by atomic mass is 10.1. The lowest BCUT2D eigenvalue weighted by molar-refractivity contribution is 0.104. The number of hydrogen-bond donors (Lipinski definition) is 1. The summed E-state index contributed by atoms with van der Waals surface area (Å²) in [6.07, 6.45) is 4.96. The van der Waals surface area contributed by atoms with Crippen molar-refractivity contribution in [1.29, 1.82) is 0 Å². The maximum atomic E-state index is 12.8. The summed E-state index contributed by atoms with van der Waals surface area (Å²) in [6.45, 7) is 0. The van der Waals surface area contributed by atoms with E-state index in [1.165, 1.54) is 32.0 Å². The van der Waals surface area contributed by atoms with Crippen molar-refractivity contribution in [2.75, 3.05) is 21.3 Å². The molecule has 1 aromatic heterocycles. The fourth-order valence-electron chi connectivity index (χ4n) is 3.61. The molecule has 1 heterocycles. The smallest absolute Gasteiger partial charge is 0.330 e. The molecule has 3 aromatic carbocycles. The summed E-state index contributed by atoms with van der Waals surface area (Å²) in [5.41, 5.74) is 2.89. The number of allylic oxidation sites excluding steroid dienone is 1. The van der Waals surface area contributed by atoms with Crippen molar-refractivity contribution in [3.63, 3.8) is 0 Å². The number of aromatic nitrogens is 2. The van der Waals surface area contributed by atoms with Crippen molar-refractivity contribution in [3.05, 3.63) is 101 Å². The van der Waals surface area contributed by atoms with Crippen LogP contribution in [0.25, 0.3) is 23.0 Å². The van der Waals surface area contributed by atoms with E-state index in [9.17, 15) is 9.59 Å². The Hall–Kier alpha value is -4.52. The monoisotopic (exact) mass is 456 g/mol. The molecule has 0 aliphatic rings. The van der Waals surface area contributed by atoms with Gasteiger partial charge in [-0.15, -0.1) is 0 Å². The van der Waals surface area contributed by atoms with Crippen LogP contribution in [0.3, 0.4) is 0 Å². The zero-order valence-corrected chi connectivity index (χ0v) is 19.1. The fraction of sp³-hybridized carbons (Fsp3) is 0.111. The topological polar surface area (TPSA) is 82.6 Å². The number of methoxy groups -OCH3 is 3. The van der Waals surface area contributed by atoms with E-state index in [2.05, 4.69) is 4.98 Å². The number of ether oxygens (including phenoxy) is 3. The normalized spacial score (nSPS) is 10.9. The Balaban J connectivity index is 1.66. The Morgan fingerprint density at radius 3 is 2.24 bits per heavy atom. The second-order valence-electron chi connectivity index (χ2n) is 7.42. The molecule has 0 aliphatic carbocycles. The minimum absolute atomic E-state index is 0.154. The number of ketones is 1. The van der Waals surface area contributed by atoms with Gasteiger partial charge in [0.2, 0.25) is 5.75 Å². The lowest BCUT2D eigenvalue weighted by Crippen LogP contribution is -2.14. The Bertz CT molecular complexity index is 1380. The molecule has 0 amide bonds. The number of hydrogen-bond acceptors (Lipinski definition) is 5. The number of H-pyrrole nitrogens is 1. The summed E-state index contributed by atoms with van der Waals surface area (Å²) in [4.78, 5) is 28.3. The third-order valence-electron chi connectivity index (χ3n) is 5.33. The van der Waals surface area contributed by atoms with Gasteiger partial charge >= 0.3 is 5.69 Å². The zero-order valence-electron chi connectivity index (χ0n) is 19.1. The highest BCUT2D eigenvalue weighted by Crippen LogP contribution is 2.40. The summed E-state index contributed by atoms with van der Waals surface area (Å²) in [6, 6.07) is 20.0. The highest BCUT2D eigenvalue weighted by Gasteiger charge is 2.16. The molecule has 1 N–H and O–H groups in total. The van der Waals surface area contributed by atoms with Crippen molar-refractivity contribution in [1.82, 2.24) is 9.55 Å². The molecule has 7 heteroatoms. The van der Waals surface area contributed by atoms with Gasteiger partial charge in [-0.3, -0.25) is 9.36 Å². The molecule has 172 valence electrons. The van der Waals surface area contributed by atoms with E-state index in [0.717, 1.165) is 5.56 Å². The number of carbonyl (C=O) groups is 1. The van der Waals surface area contributed by atoms with Gasteiger partial charge in [0.25, 0.3) is 0 Å². The second-order valence-corrected chi connectivity index (χ2v) is 7.42. The van der Waals surface area contributed by atoms with Crippen molar-refractivity contribution in [2.45, 2.75) is 0 Å². The standard InChI is InChI=1S/C27H24N2O5/c1-32-24-15-20(16-25(33-2)26(24)34-3)22-17-29(27(31)28-22)21-11-7-10-19(14-21)23(30)13-12-18-8-5-4-6-9-18/h4-17H,1-3H3,(H,28,31)/b13-12+. The predicted molar refractivity (Wildman–Crippen MR) is 131 cm³/mol. The molecule has 34 heavy (non-hydrogen) atoms. The van der Waals surface area contributed by atoms with Crippen molar-refractivity contribution in [2.24, 2.45) is 0 Å². The van der Waals surface area contributed by atoms with Crippen LogP contribution in [0.5, 0.6) is 17.2 Å². The van der Waals surface area contributed by atoms with Crippen LogP contribution in [0.4, 0.5) is 0 Å². The van der Waals surface area contributed by atoms with Gasteiger partial charge in [-0.05, 0) is 35.9 Å². The van der Waals surface area contributed by atoms with E-state index in [4.69, 9.17) is 14.2 Å². The Kier molecular flexibility index (Phi) is 6.64. The molecular weight excluding hydrogens is 432 g/mol. The van der Waals surface area contributed by atoms with Crippen LogP contribution in [0.15, 0.2) is 83.8 Å². The second kappa shape index (κ2) is 9.95. The summed E-state index contributed by atoms with van der Waals surface area (Å²) < 4.78 is 17.6. The third kappa shape index (κ3) is 4.63.